The number of carbonyl (C=O) groups is 3. The highest BCUT2D eigenvalue weighted by Gasteiger charge is 2.35. The van der Waals surface area contributed by atoms with Crippen molar-refractivity contribution < 1.29 is 28.6 Å². The summed E-state index contributed by atoms with van der Waals surface area (Å²) in [5, 5.41) is 0. The van der Waals surface area contributed by atoms with Gasteiger partial charge in [-0.3, -0.25) is 14.4 Å². The molecule has 24 heavy (non-hydrogen) atoms. The SMILES string of the molecule is CCOC(=O)C1CCN(C(=O)c2ccc(OC)c(OC)c2)CC1=O. The van der Waals surface area contributed by atoms with E-state index >= 15 is 0 Å². The van der Waals surface area contributed by atoms with Gasteiger partial charge < -0.3 is 19.1 Å². The van der Waals surface area contributed by atoms with Crippen molar-refractivity contribution >= 4 is 17.7 Å². The van der Waals surface area contributed by atoms with E-state index in [-0.39, 0.29) is 31.3 Å². The van der Waals surface area contributed by atoms with Crippen LogP contribution in [-0.4, -0.2) is 56.5 Å². The Morgan fingerprint density at radius 2 is 1.92 bits per heavy atom. The number of ether oxygens (including phenoxy) is 3. The van der Waals surface area contributed by atoms with Crippen molar-refractivity contribution in [3.8, 4) is 11.5 Å². The Morgan fingerprint density at radius 3 is 2.50 bits per heavy atom. The molecule has 1 amide bonds. The summed E-state index contributed by atoms with van der Waals surface area (Å²) in [6.45, 7) is 2.15. The Bertz CT molecular complexity index is 642. The normalized spacial score (nSPS) is 17.4. The van der Waals surface area contributed by atoms with E-state index in [9.17, 15) is 14.4 Å². The smallest absolute Gasteiger partial charge is 0.316 e. The predicted molar refractivity (Wildman–Crippen MR) is 85.2 cm³/mol. The standard InChI is InChI=1S/C17H21NO6/c1-4-24-17(21)12-7-8-18(10-13(12)19)16(20)11-5-6-14(22-2)15(9-11)23-3/h5-6,9,12H,4,7-8,10H2,1-3H3. The van der Waals surface area contributed by atoms with Crippen LogP contribution < -0.4 is 9.47 Å². The molecule has 1 fully saturated rings. The van der Waals surface area contributed by atoms with E-state index in [4.69, 9.17) is 14.2 Å². The number of rotatable bonds is 5. The van der Waals surface area contributed by atoms with Crippen LogP contribution >= 0.6 is 0 Å². The lowest BCUT2D eigenvalue weighted by atomic mass is 9.95. The number of hydrogen-bond acceptors (Lipinski definition) is 6. The van der Waals surface area contributed by atoms with Crippen LogP contribution in [0.2, 0.25) is 0 Å². The summed E-state index contributed by atoms with van der Waals surface area (Å²) in [5.41, 5.74) is 0.398. The summed E-state index contributed by atoms with van der Waals surface area (Å²) >= 11 is 0. The van der Waals surface area contributed by atoms with Crippen molar-refractivity contribution in [1.82, 2.24) is 4.90 Å². The molecule has 0 aliphatic carbocycles. The van der Waals surface area contributed by atoms with Crippen molar-refractivity contribution in [2.24, 2.45) is 5.92 Å². The first kappa shape index (κ1) is 17.8. The lowest BCUT2D eigenvalue weighted by Gasteiger charge is -2.30. The fourth-order valence-corrected chi connectivity index (χ4v) is 2.64. The van der Waals surface area contributed by atoms with Crippen molar-refractivity contribution in [1.29, 1.82) is 0 Å². The van der Waals surface area contributed by atoms with Gasteiger partial charge in [0.1, 0.15) is 5.92 Å². The first-order chi connectivity index (χ1) is 11.5. The van der Waals surface area contributed by atoms with Gasteiger partial charge >= 0.3 is 5.97 Å². The van der Waals surface area contributed by atoms with E-state index in [1.807, 2.05) is 0 Å². The first-order valence-electron chi connectivity index (χ1n) is 7.72. The van der Waals surface area contributed by atoms with Crippen LogP contribution in [0.4, 0.5) is 0 Å². The first-order valence-corrected chi connectivity index (χ1v) is 7.72. The maximum Gasteiger partial charge on any atom is 0.316 e. The number of likely N-dealkylation sites (tertiary alicyclic amines) is 1. The number of benzene rings is 1. The zero-order chi connectivity index (χ0) is 17.7. The summed E-state index contributed by atoms with van der Waals surface area (Å²) in [7, 11) is 3.00. The number of amides is 1. The molecule has 7 nitrogen and oxygen atoms in total. The molecule has 0 N–H and O–H groups in total. The Morgan fingerprint density at radius 1 is 1.21 bits per heavy atom. The monoisotopic (exact) mass is 335 g/mol. The maximum atomic E-state index is 12.6. The number of methoxy groups -OCH3 is 2. The van der Waals surface area contributed by atoms with E-state index in [2.05, 4.69) is 0 Å². The minimum absolute atomic E-state index is 0.101. The van der Waals surface area contributed by atoms with Gasteiger partial charge in [0.05, 0.1) is 27.4 Å². The van der Waals surface area contributed by atoms with Gasteiger partial charge in [0.15, 0.2) is 17.3 Å². The molecule has 1 unspecified atom stereocenters. The summed E-state index contributed by atoms with van der Waals surface area (Å²) in [6.07, 6.45) is 0.275. The molecule has 0 spiro atoms. The zero-order valence-electron chi connectivity index (χ0n) is 14.0. The highest BCUT2D eigenvalue weighted by Crippen LogP contribution is 2.28. The van der Waals surface area contributed by atoms with Gasteiger partial charge in [-0.05, 0) is 31.5 Å². The number of esters is 1. The average Bonchev–Trinajstić information content (AvgIpc) is 2.60. The molecule has 1 saturated heterocycles. The number of piperidine rings is 1. The Hall–Kier alpha value is -2.57. The second kappa shape index (κ2) is 7.81. The zero-order valence-corrected chi connectivity index (χ0v) is 14.0. The fraction of sp³-hybridized carbons (Fsp3) is 0.471. The summed E-state index contributed by atoms with van der Waals surface area (Å²) in [5.74, 6) is -0.914. The van der Waals surface area contributed by atoms with Gasteiger partial charge in [0.2, 0.25) is 0 Å². The summed E-state index contributed by atoms with van der Waals surface area (Å²) in [6, 6.07) is 4.83. The third kappa shape index (κ3) is 3.67. The van der Waals surface area contributed by atoms with Crippen LogP contribution in [0.15, 0.2) is 18.2 Å². The van der Waals surface area contributed by atoms with Crippen molar-refractivity contribution in [2.75, 3.05) is 33.9 Å². The molecule has 7 heteroatoms. The third-order valence-electron chi connectivity index (χ3n) is 3.91. The van der Waals surface area contributed by atoms with Crippen LogP contribution in [-0.2, 0) is 14.3 Å². The number of nitrogens with zero attached hydrogens (tertiary/aromatic N) is 1. The number of hydrogen-bond donors (Lipinski definition) is 0. The minimum Gasteiger partial charge on any atom is -0.493 e. The molecule has 1 aliphatic heterocycles. The van der Waals surface area contributed by atoms with Crippen molar-refractivity contribution in [2.45, 2.75) is 13.3 Å². The van der Waals surface area contributed by atoms with Gasteiger partial charge in [0.25, 0.3) is 5.91 Å². The topological polar surface area (TPSA) is 82.1 Å². The quantitative estimate of drug-likeness (QED) is 0.596. The van der Waals surface area contributed by atoms with Crippen LogP contribution in [0.1, 0.15) is 23.7 Å². The molecule has 0 saturated carbocycles. The van der Waals surface area contributed by atoms with Gasteiger partial charge in [-0.2, -0.15) is 0 Å². The van der Waals surface area contributed by atoms with E-state index in [1.165, 1.54) is 19.1 Å². The van der Waals surface area contributed by atoms with E-state index in [1.54, 1.807) is 25.1 Å². The molecule has 0 bridgehead atoms. The van der Waals surface area contributed by atoms with Crippen LogP contribution in [0.3, 0.4) is 0 Å². The lowest BCUT2D eigenvalue weighted by Crippen LogP contribution is -2.46. The molecular weight excluding hydrogens is 314 g/mol. The summed E-state index contributed by atoms with van der Waals surface area (Å²) in [4.78, 5) is 37.9. The molecule has 0 radical (unpaired) electrons. The Labute approximate surface area is 140 Å². The van der Waals surface area contributed by atoms with Gasteiger partial charge in [0, 0.05) is 12.1 Å². The van der Waals surface area contributed by atoms with E-state index in [0.717, 1.165) is 0 Å². The van der Waals surface area contributed by atoms with Crippen LogP contribution in [0.25, 0.3) is 0 Å². The van der Waals surface area contributed by atoms with Crippen molar-refractivity contribution in [3.05, 3.63) is 23.8 Å². The van der Waals surface area contributed by atoms with Crippen LogP contribution in [0, 0.1) is 5.92 Å². The number of Topliss-reactive ketones (excluding diaryl/α,β-unsaturated/α-hetero) is 1. The second-order valence-electron chi connectivity index (χ2n) is 5.36. The molecule has 0 aromatic heterocycles. The average molecular weight is 335 g/mol. The molecule has 1 aliphatic rings. The van der Waals surface area contributed by atoms with Gasteiger partial charge in [-0.25, -0.2) is 0 Å². The van der Waals surface area contributed by atoms with E-state index in [0.29, 0.717) is 23.6 Å². The largest absolute Gasteiger partial charge is 0.493 e. The van der Waals surface area contributed by atoms with Gasteiger partial charge in [-0.15, -0.1) is 0 Å². The molecule has 1 aromatic rings. The highest BCUT2D eigenvalue weighted by atomic mass is 16.5. The molecule has 1 atom stereocenters. The minimum atomic E-state index is -0.778. The molecule has 2 rings (SSSR count). The number of carbonyl (C=O) groups excluding carboxylic acids is 3. The molecule has 130 valence electrons. The fourth-order valence-electron chi connectivity index (χ4n) is 2.64. The second-order valence-corrected chi connectivity index (χ2v) is 5.36. The lowest BCUT2D eigenvalue weighted by molar-refractivity contribution is -0.153. The summed E-state index contributed by atoms with van der Waals surface area (Å²) < 4.78 is 15.2. The molecular formula is C17H21NO6. The maximum absolute atomic E-state index is 12.6. The number of ketones is 1. The van der Waals surface area contributed by atoms with E-state index < -0.39 is 11.9 Å². The van der Waals surface area contributed by atoms with Gasteiger partial charge in [-0.1, -0.05) is 0 Å². The predicted octanol–water partition coefficient (Wildman–Crippen LogP) is 1.30. The van der Waals surface area contributed by atoms with Crippen molar-refractivity contribution in [3.63, 3.8) is 0 Å². The Balaban J connectivity index is 2.09. The third-order valence-corrected chi connectivity index (χ3v) is 3.91. The molecule has 1 heterocycles. The Kier molecular flexibility index (Phi) is 5.78. The molecule has 1 aromatic carbocycles. The highest BCUT2D eigenvalue weighted by molar-refractivity contribution is 6.04. The van der Waals surface area contributed by atoms with Crippen LogP contribution in [0.5, 0.6) is 11.5 Å².